The zero-order valence-corrected chi connectivity index (χ0v) is 14.6. The minimum Gasteiger partial charge on any atom is -0.415 e. The number of rotatable bonds is 5. The first-order valence-electron chi connectivity index (χ1n) is 8.15. The van der Waals surface area contributed by atoms with Crippen LogP contribution < -0.4 is 5.32 Å². The number of anilines is 1. The molecule has 0 radical (unpaired) electrons. The summed E-state index contributed by atoms with van der Waals surface area (Å²) in [5, 5.41) is 10.0. The SMILES string of the molecule is C.Fc1c(Cl)cccc1C1(Nc2ncc(-c3nnc(C(F)F)o3)cn2)CCC1. The molecule has 6 nitrogen and oxygen atoms in total. The minimum atomic E-state index is -2.85. The molecule has 0 unspecified atom stereocenters. The third-order valence-electron chi connectivity index (χ3n) is 4.55. The van der Waals surface area contributed by atoms with Crippen LogP contribution in [0.4, 0.5) is 19.1 Å². The van der Waals surface area contributed by atoms with Gasteiger partial charge in [-0.15, -0.1) is 10.2 Å². The van der Waals surface area contributed by atoms with Gasteiger partial charge in [0.25, 0.3) is 11.8 Å². The van der Waals surface area contributed by atoms with Crippen LogP contribution in [-0.2, 0) is 5.54 Å². The molecule has 10 heteroatoms. The van der Waals surface area contributed by atoms with Gasteiger partial charge in [-0.1, -0.05) is 31.2 Å². The Labute approximate surface area is 164 Å². The summed E-state index contributed by atoms with van der Waals surface area (Å²) in [6.45, 7) is 0. The zero-order valence-electron chi connectivity index (χ0n) is 13.8. The van der Waals surface area contributed by atoms with E-state index in [9.17, 15) is 13.2 Å². The van der Waals surface area contributed by atoms with Crippen molar-refractivity contribution in [2.75, 3.05) is 5.32 Å². The van der Waals surface area contributed by atoms with Gasteiger partial charge in [0.2, 0.25) is 5.95 Å². The second-order valence-electron chi connectivity index (χ2n) is 6.20. The Hall–Kier alpha value is -2.68. The molecule has 148 valence electrons. The van der Waals surface area contributed by atoms with Gasteiger partial charge < -0.3 is 9.73 Å². The molecule has 0 spiro atoms. The van der Waals surface area contributed by atoms with E-state index >= 15 is 0 Å². The number of hydrogen-bond donors (Lipinski definition) is 1. The van der Waals surface area contributed by atoms with E-state index in [0.29, 0.717) is 24.0 Å². The van der Waals surface area contributed by atoms with Crippen LogP contribution >= 0.6 is 11.6 Å². The van der Waals surface area contributed by atoms with Gasteiger partial charge in [-0.05, 0) is 25.3 Å². The van der Waals surface area contributed by atoms with E-state index in [2.05, 4.69) is 25.5 Å². The van der Waals surface area contributed by atoms with Gasteiger partial charge in [-0.3, -0.25) is 0 Å². The Balaban J connectivity index is 0.00000225. The summed E-state index contributed by atoms with van der Waals surface area (Å²) in [4.78, 5) is 8.32. The van der Waals surface area contributed by atoms with Crippen LogP contribution in [0.25, 0.3) is 11.5 Å². The topological polar surface area (TPSA) is 76.7 Å². The van der Waals surface area contributed by atoms with Crippen molar-refractivity contribution >= 4 is 17.5 Å². The molecule has 1 fully saturated rings. The molecule has 4 rings (SSSR count). The predicted octanol–water partition coefficient (Wildman–Crippen LogP) is 5.38. The molecule has 1 aliphatic carbocycles. The number of aromatic nitrogens is 4. The van der Waals surface area contributed by atoms with Crippen LogP contribution in [0, 0.1) is 5.82 Å². The van der Waals surface area contributed by atoms with Crippen molar-refractivity contribution < 1.29 is 17.6 Å². The highest BCUT2D eigenvalue weighted by Gasteiger charge is 2.41. The summed E-state index contributed by atoms with van der Waals surface area (Å²) >= 11 is 5.91. The summed E-state index contributed by atoms with van der Waals surface area (Å²) in [6, 6.07) is 4.88. The van der Waals surface area contributed by atoms with Crippen LogP contribution in [0.2, 0.25) is 5.02 Å². The molecular formula is C18H17ClF3N5O. The molecule has 0 amide bonds. The second-order valence-corrected chi connectivity index (χ2v) is 6.61. The van der Waals surface area contributed by atoms with E-state index < -0.39 is 23.7 Å². The standard InChI is InChI=1S/C17H13ClF3N5O.CH4/c18-11-4-1-3-10(12(11)19)17(5-2-6-17)24-16-22-7-9(8-23-16)14-25-26-15(27-14)13(20)21;/h1,3-4,7-8,13H,2,5-6H2,(H,22,23,24);1H4. The van der Waals surface area contributed by atoms with Gasteiger partial charge in [0, 0.05) is 18.0 Å². The Morgan fingerprint density at radius 2 is 1.86 bits per heavy atom. The zero-order chi connectivity index (χ0) is 19.0. The average molecular weight is 412 g/mol. The number of nitrogens with zero attached hydrogens (tertiary/aromatic N) is 4. The summed E-state index contributed by atoms with van der Waals surface area (Å²) < 4.78 is 44.4. The molecule has 0 bridgehead atoms. The summed E-state index contributed by atoms with van der Waals surface area (Å²) in [5.74, 6) is -1.06. The number of halogens is 4. The van der Waals surface area contributed by atoms with Crippen molar-refractivity contribution in [3.8, 4) is 11.5 Å². The van der Waals surface area contributed by atoms with E-state index in [1.807, 2.05) is 0 Å². The molecule has 1 saturated carbocycles. The van der Waals surface area contributed by atoms with E-state index in [0.717, 1.165) is 6.42 Å². The van der Waals surface area contributed by atoms with Gasteiger partial charge in [-0.2, -0.15) is 8.78 Å². The first-order valence-corrected chi connectivity index (χ1v) is 8.53. The van der Waals surface area contributed by atoms with Crippen molar-refractivity contribution in [1.82, 2.24) is 20.2 Å². The first-order chi connectivity index (χ1) is 13.0. The molecule has 28 heavy (non-hydrogen) atoms. The van der Waals surface area contributed by atoms with Gasteiger partial charge in [0.05, 0.1) is 16.1 Å². The molecule has 0 atom stereocenters. The normalized spacial score (nSPS) is 15.0. The molecule has 1 aliphatic rings. The smallest absolute Gasteiger partial charge is 0.314 e. The van der Waals surface area contributed by atoms with Gasteiger partial charge >= 0.3 is 6.43 Å². The third kappa shape index (κ3) is 3.54. The number of benzene rings is 1. The van der Waals surface area contributed by atoms with Crippen LogP contribution in [0.3, 0.4) is 0 Å². The van der Waals surface area contributed by atoms with Crippen molar-refractivity contribution in [1.29, 1.82) is 0 Å². The molecular weight excluding hydrogens is 395 g/mol. The fraction of sp³-hybridized carbons (Fsp3) is 0.333. The number of nitrogens with one attached hydrogen (secondary N) is 1. The highest BCUT2D eigenvalue weighted by Crippen LogP contribution is 2.45. The lowest BCUT2D eigenvalue weighted by molar-refractivity contribution is 0.116. The first kappa shape index (κ1) is 20.1. The number of hydrogen-bond acceptors (Lipinski definition) is 6. The van der Waals surface area contributed by atoms with Gasteiger partial charge in [0.1, 0.15) is 5.82 Å². The van der Waals surface area contributed by atoms with Crippen molar-refractivity contribution in [2.24, 2.45) is 0 Å². The molecule has 2 heterocycles. The highest BCUT2D eigenvalue weighted by atomic mass is 35.5. The molecule has 0 saturated heterocycles. The summed E-state index contributed by atoms with van der Waals surface area (Å²) in [7, 11) is 0. The lowest BCUT2D eigenvalue weighted by Crippen LogP contribution is -2.43. The Morgan fingerprint density at radius 3 is 2.43 bits per heavy atom. The molecule has 2 aromatic heterocycles. The summed E-state index contributed by atoms with van der Waals surface area (Å²) in [6.07, 6.45) is 2.24. The molecule has 0 aliphatic heterocycles. The van der Waals surface area contributed by atoms with Crippen LogP contribution in [-0.4, -0.2) is 20.2 Å². The van der Waals surface area contributed by atoms with Crippen LogP contribution in [0.15, 0.2) is 35.0 Å². The lowest BCUT2D eigenvalue weighted by atomic mass is 9.71. The average Bonchev–Trinajstić information content (AvgIpc) is 3.12. The Morgan fingerprint density at radius 1 is 1.14 bits per heavy atom. The fourth-order valence-corrected chi connectivity index (χ4v) is 3.20. The third-order valence-corrected chi connectivity index (χ3v) is 4.84. The fourth-order valence-electron chi connectivity index (χ4n) is 3.02. The Bertz CT molecular complexity index is 960. The Kier molecular flexibility index (Phi) is 5.55. The lowest BCUT2D eigenvalue weighted by Gasteiger charge is -2.43. The largest absolute Gasteiger partial charge is 0.415 e. The van der Waals surface area contributed by atoms with E-state index in [-0.39, 0.29) is 24.3 Å². The number of alkyl halides is 2. The van der Waals surface area contributed by atoms with E-state index in [1.54, 1.807) is 12.1 Å². The molecule has 3 aromatic rings. The maximum absolute atomic E-state index is 14.5. The van der Waals surface area contributed by atoms with Crippen LogP contribution in [0.1, 0.15) is 44.6 Å². The van der Waals surface area contributed by atoms with Crippen molar-refractivity contribution in [2.45, 2.75) is 38.7 Å². The minimum absolute atomic E-state index is 0. The van der Waals surface area contributed by atoms with Crippen LogP contribution in [0.5, 0.6) is 0 Å². The van der Waals surface area contributed by atoms with Gasteiger partial charge in [-0.25, -0.2) is 14.4 Å². The summed E-state index contributed by atoms with van der Waals surface area (Å²) in [5.41, 5.74) is 0.132. The maximum Gasteiger partial charge on any atom is 0.314 e. The maximum atomic E-state index is 14.5. The van der Waals surface area contributed by atoms with E-state index in [4.69, 9.17) is 16.0 Å². The monoisotopic (exact) mass is 411 g/mol. The second kappa shape index (κ2) is 7.75. The van der Waals surface area contributed by atoms with Crippen molar-refractivity contribution in [3.05, 3.63) is 52.9 Å². The van der Waals surface area contributed by atoms with Gasteiger partial charge in [0.15, 0.2) is 0 Å². The van der Waals surface area contributed by atoms with E-state index in [1.165, 1.54) is 18.5 Å². The molecule has 1 aromatic carbocycles. The highest BCUT2D eigenvalue weighted by molar-refractivity contribution is 6.30. The quantitative estimate of drug-likeness (QED) is 0.607. The molecule has 1 N–H and O–H groups in total. The predicted molar refractivity (Wildman–Crippen MR) is 97.6 cm³/mol. The van der Waals surface area contributed by atoms with Crippen molar-refractivity contribution in [3.63, 3.8) is 0 Å².